The predicted octanol–water partition coefficient (Wildman–Crippen LogP) is 7.48. The van der Waals surface area contributed by atoms with Crippen molar-refractivity contribution >= 4 is 60.2 Å². The van der Waals surface area contributed by atoms with Gasteiger partial charge in [-0.3, -0.25) is 4.57 Å². The molecular formula is C29H17N3O. The minimum atomic E-state index is 0.907. The SMILES string of the molecule is c1ccc2c(c1)ccc1cc(-n3c4ccccc4c4cc5oc6ccccc6c5cc43)nn12. The van der Waals surface area contributed by atoms with Crippen LogP contribution in [0.4, 0.5) is 0 Å². The Labute approximate surface area is 187 Å². The van der Waals surface area contributed by atoms with E-state index in [9.17, 15) is 0 Å². The van der Waals surface area contributed by atoms with E-state index in [1.165, 1.54) is 16.2 Å². The lowest BCUT2D eigenvalue weighted by Crippen LogP contribution is -1.96. The summed E-state index contributed by atoms with van der Waals surface area (Å²) < 4.78 is 10.5. The summed E-state index contributed by atoms with van der Waals surface area (Å²) >= 11 is 0. The van der Waals surface area contributed by atoms with Crippen molar-refractivity contribution in [1.82, 2.24) is 14.2 Å². The van der Waals surface area contributed by atoms with Gasteiger partial charge in [-0.15, -0.1) is 5.10 Å². The molecule has 0 N–H and O–H groups in total. The van der Waals surface area contributed by atoms with E-state index in [0.717, 1.165) is 49.8 Å². The van der Waals surface area contributed by atoms with Crippen LogP contribution in [0.5, 0.6) is 0 Å². The fraction of sp³-hybridized carbons (Fsp3) is 0. The first-order valence-corrected chi connectivity index (χ1v) is 11.1. The average molecular weight is 423 g/mol. The molecule has 8 aromatic rings. The van der Waals surface area contributed by atoms with E-state index in [1.807, 2.05) is 16.6 Å². The quantitative estimate of drug-likeness (QED) is 0.274. The van der Waals surface area contributed by atoms with Gasteiger partial charge in [0.2, 0.25) is 0 Å². The first-order valence-electron chi connectivity index (χ1n) is 11.1. The Morgan fingerprint density at radius 2 is 1.33 bits per heavy atom. The van der Waals surface area contributed by atoms with Crippen molar-refractivity contribution in [2.75, 3.05) is 0 Å². The third kappa shape index (κ3) is 2.22. The van der Waals surface area contributed by atoms with Gasteiger partial charge in [0.15, 0.2) is 5.82 Å². The molecule has 33 heavy (non-hydrogen) atoms. The average Bonchev–Trinajstić information content (AvgIpc) is 3.54. The second kappa shape index (κ2) is 6.02. The molecule has 0 saturated carbocycles. The number of fused-ring (bicyclic) bond motifs is 9. The number of furan rings is 1. The molecule has 0 unspecified atom stereocenters. The van der Waals surface area contributed by atoms with Crippen molar-refractivity contribution in [2.24, 2.45) is 0 Å². The zero-order chi connectivity index (χ0) is 21.5. The molecule has 4 nitrogen and oxygen atoms in total. The Morgan fingerprint density at radius 1 is 0.545 bits per heavy atom. The van der Waals surface area contributed by atoms with Crippen LogP contribution in [0.15, 0.2) is 108 Å². The molecule has 8 rings (SSSR count). The molecule has 0 radical (unpaired) electrons. The van der Waals surface area contributed by atoms with Gasteiger partial charge in [0.25, 0.3) is 0 Å². The molecule has 0 bridgehead atoms. The van der Waals surface area contributed by atoms with Crippen LogP contribution in [0.25, 0.3) is 66.0 Å². The molecule has 4 heteroatoms. The number of para-hydroxylation sites is 3. The van der Waals surface area contributed by atoms with Gasteiger partial charge in [-0.1, -0.05) is 60.7 Å². The zero-order valence-corrected chi connectivity index (χ0v) is 17.6. The van der Waals surface area contributed by atoms with Crippen LogP contribution < -0.4 is 0 Å². The summed E-state index contributed by atoms with van der Waals surface area (Å²) in [6.45, 7) is 0. The fourth-order valence-corrected chi connectivity index (χ4v) is 5.23. The van der Waals surface area contributed by atoms with E-state index >= 15 is 0 Å². The molecule has 4 heterocycles. The Balaban J connectivity index is 1.53. The van der Waals surface area contributed by atoms with Crippen molar-refractivity contribution in [3.63, 3.8) is 0 Å². The Hall–Kier alpha value is -4.57. The van der Waals surface area contributed by atoms with Crippen LogP contribution in [-0.4, -0.2) is 14.2 Å². The standard InChI is InChI=1S/C29H17N3O/c1-4-10-24-18(7-1)13-14-19-15-29(30-32(19)24)31-25-11-5-2-8-20(25)22-17-28-23(16-26(22)31)21-9-3-6-12-27(21)33-28/h1-17H. The second-order valence-electron chi connectivity index (χ2n) is 8.55. The van der Waals surface area contributed by atoms with E-state index in [-0.39, 0.29) is 0 Å². The van der Waals surface area contributed by atoms with Crippen molar-refractivity contribution < 1.29 is 4.42 Å². The molecule has 0 aliphatic carbocycles. The van der Waals surface area contributed by atoms with Crippen molar-refractivity contribution in [1.29, 1.82) is 0 Å². The molecule has 154 valence electrons. The first kappa shape index (κ1) is 17.0. The van der Waals surface area contributed by atoms with Gasteiger partial charge in [0.05, 0.1) is 22.1 Å². The smallest absolute Gasteiger partial charge is 0.160 e. The summed E-state index contributed by atoms with van der Waals surface area (Å²) in [7, 11) is 0. The lowest BCUT2D eigenvalue weighted by Gasteiger charge is -2.03. The third-order valence-electron chi connectivity index (χ3n) is 6.72. The van der Waals surface area contributed by atoms with E-state index in [0.29, 0.717) is 0 Å². The van der Waals surface area contributed by atoms with E-state index in [2.05, 4.69) is 95.6 Å². The Kier molecular flexibility index (Phi) is 3.11. The summed E-state index contributed by atoms with van der Waals surface area (Å²) in [6.07, 6.45) is 0. The molecule has 4 aromatic carbocycles. The first-order chi connectivity index (χ1) is 16.3. The van der Waals surface area contributed by atoms with Crippen molar-refractivity contribution in [3.05, 3.63) is 103 Å². The molecule has 4 aromatic heterocycles. The maximum absolute atomic E-state index is 6.19. The summed E-state index contributed by atoms with van der Waals surface area (Å²) in [5, 5.41) is 10.9. The maximum atomic E-state index is 6.19. The third-order valence-corrected chi connectivity index (χ3v) is 6.72. The van der Waals surface area contributed by atoms with Crippen LogP contribution in [0, 0.1) is 0 Å². The number of hydrogen-bond donors (Lipinski definition) is 0. The van der Waals surface area contributed by atoms with Gasteiger partial charge in [0, 0.05) is 33.0 Å². The normalized spacial score (nSPS) is 12.2. The minimum Gasteiger partial charge on any atom is -0.456 e. The number of pyridine rings is 1. The summed E-state index contributed by atoms with van der Waals surface area (Å²) in [4.78, 5) is 0. The van der Waals surface area contributed by atoms with Gasteiger partial charge in [-0.25, -0.2) is 4.52 Å². The highest BCUT2D eigenvalue weighted by molar-refractivity contribution is 6.17. The van der Waals surface area contributed by atoms with Gasteiger partial charge in [0.1, 0.15) is 11.2 Å². The molecule has 0 spiro atoms. The van der Waals surface area contributed by atoms with Gasteiger partial charge >= 0.3 is 0 Å². The number of benzene rings is 4. The van der Waals surface area contributed by atoms with Crippen molar-refractivity contribution in [3.8, 4) is 5.82 Å². The molecule has 0 fully saturated rings. The zero-order valence-electron chi connectivity index (χ0n) is 17.6. The minimum absolute atomic E-state index is 0.907. The summed E-state index contributed by atoms with van der Waals surface area (Å²) in [6, 6.07) is 36.0. The number of hydrogen-bond acceptors (Lipinski definition) is 2. The van der Waals surface area contributed by atoms with Gasteiger partial charge in [-0.05, 0) is 36.4 Å². The van der Waals surface area contributed by atoms with E-state index < -0.39 is 0 Å². The molecule has 0 amide bonds. The summed E-state index contributed by atoms with van der Waals surface area (Å²) in [5.74, 6) is 0.907. The van der Waals surface area contributed by atoms with Crippen LogP contribution in [0.3, 0.4) is 0 Å². The molecule has 0 aliphatic heterocycles. The lowest BCUT2D eigenvalue weighted by atomic mass is 10.1. The lowest BCUT2D eigenvalue weighted by molar-refractivity contribution is 0.669. The van der Waals surface area contributed by atoms with Crippen LogP contribution in [-0.2, 0) is 0 Å². The van der Waals surface area contributed by atoms with Crippen LogP contribution >= 0.6 is 0 Å². The number of nitrogens with zero attached hydrogens (tertiary/aromatic N) is 3. The van der Waals surface area contributed by atoms with Gasteiger partial charge < -0.3 is 4.42 Å². The predicted molar refractivity (Wildman–Crippen MR) is 134 cm³/mol. The largest absolute Gasteiger partial charge is 0.456 e. The monoisotopic (exact) mass is 423 g/mol. The Bertz CT molecular complexity index is 2040. The molecular weight excluding hydrogens is 406 g/mol. The number of rotatable bonds is 1. The van der Waals surface area contributed by atoms with Crippen LogP contribution in [0.2, 0.25) is 0 Å². The van der Waals surface area contributed by atoms with Crippen molar-refractivity contribution in [2.45, 2.75) is 0 Å². The highest BCUT2D eigenvalue weighted by Gasteiger charge is 2.18. The molecule has 0 atom stereocenters. The highest BCUT2D eigenvalue weighted by Crippen LogP contribution is 2.38. The maximum Gasteiger partial charge on any atom is 0.160 e. The summed E-state index contributed by atoms with van der Waals surface area (Å²) in [5.41, 5.74) is 6.26. The highest BCUT2D eigenvalue weighted by atomic mass is 16.3. The van der Waals surface area contributed by atoms with Crippen LogP contribution in [0.1, 0.15) is 0 Å². The fourth-order valence-electron chi connectivity index (χ4n) is 5.23. The Morgan fingerprint density at radius 3 is 2.27 bits per heavy atom. The second-order valence-corrected chi connectivity index (χ2v) is 8.55. The topological polar surface area (TPSA) is 35.4 Å². The van der Waals surface area contributed by atoms with Gasteiger partial charge in [-0.2, -0.15) is 0 Å². The number of aromatic nitrogens is 3. The van der Waals surface area contributed by atoms with E-state index in [4.69, 9.17) is 9.52 Å². The molecule has 0 saturated heterocycles. The molecule has 0 aliphatic rings. The van der Waals surface area contributed by atoms with E-state index in [1.54, 1.807) is 0 Å².